The van der Waals surface area contributed by atoms with E-state index in [1.807, 2.05) is 0 Å². The summed E-state index contributed by atoms with van der Waals surface area (Å²) in [6.07, 6.45) is 2.97. The predicted molar refractivity (Wildman–Crippen MR) is 33.1 cm³/mol. The van der Waals surface area contributed by atoms with Crippen LogP contribution in [0.15, 0.2) is 22.5 Å². The summed E-state index contributed by atoms with van der Waals surface area (Å²) < 4.78 is 0. The van der Waals surface area contributed by atoms with Crippen molar-refractivity contribution < 1.29 is 0 Å². The maximum absolute atomic E-state index is 5.51. The molecule has 43 valence electrons. The van der Waals surface area contributed by atoms with Gasteiger partial charge in [0.2, 0.25) is 0 Å². The van der Waals surface area contributed by atoms with Gasteiger partial charge in [-0.25, -0.2) is 0 Å². The molecule has 1 radical (unpaired) electrons. The lowest BCUT2D eigenvalue weighted by molar-refractivity contribution is 0.746. The molecule has 0 aliphatic carbocycles. The standard InChI is InChI=1S/C4H3Cl2N2/c5-3-1-7-8-2-4(3)6/h1-2,7H. The molecule has 0 aromatic rings. The van der Waals surface area contributed by atoms with Crippen LogP contribution in [0.3, 0.4) is 0 Å². The van der Waals surface area contributed by atoms with Crippen LogP contribution in [0, 0.1) is 0 Å². The molecule has 0 atom stereocenters. The number of hydrogen-bond acceptors (Lipinski definition) is 1. The van der Waals surface area contributed by atoms with Gasteiger partial charge in [-0.1, -0.05) is 23.2 Å². The molecular weight excluding hydrogens is 147 g/mol. The maximum atomic E-state index is 5.51. The number of nitrogens with zero attached hydrogens (tertiary/aromatic N) is 1. The average Bonchev–Trinajstić information content (AvgIpc) is 1.77. The summed E-state index contributed by atoms with van der Waals surface area (Å²) >= 11 is 11.0. The van der Waals surface area contributed by atoms with E-state index in [0.717, 1.165) is 0 Å². The summed E-state index contributed by atoms with van der Waals surface area (Å²) in [5, 5.41) is 0.951. The van der Waals surface area contributed by atoms with E-state index in [0.29, 0.717) is 10.1 Å². The van der Waals surface area contributed by atoms with Crippen molar-refractivity contribution in [1.29, 1.82) is 0 Å². The van der Waals surface area contributed by atoms with Crippen LogP contribution in [0.5, 0.6) is 0 Å². The first-order valence-electron chi connectivity index (χ1n) is 1.98. The number of hydrogen-bond donors (Lipinski definition) is 1. The molecule has 0 spiro atoms. The maximum Gasteiger partial charge on any atom is 0.0808 e. The van der Waals surface area contributed by atoms with Crippen LogP contribution in [0.4, 0.5) is 0 Å². The molecule has 0 amide bonds. The SMILES string of the molecule is ClC1=C[N]NC=C1Cl. The first-order valence-corrected chi connectivity index (χ1v) is 2.73. The van der Waals surface area contributed by atoms with Gasteiger partial charge in [0.15, 0.2) is 0 Å². The summed E-state index contributed by atoms with van der Waals surface area (Å²) in [7, 11) is 0. The van der Waals surface area contributed by atoms with Gasteiger partial charge in [-0.2, -0.15) is 5.43 Å². The van der Waals surface area contributed by atoms with Crippen molar-refractivity contribution in [2.45, 2.75) is 0 Å². The van der Waals surface area contributed by atoms with Crippen LogP contribution in [0.1, 0.15) is 0 Å². The minimum absolute atomic E-state index is 0.463. The van der Waals surface area contributed by atoms with Crippen molar-refractivity contribution in [2.24, 2.45) is 0 Å². The van der Waals surface area contributed by atoms with Crippen LogP contribution in [-0.2, 0) is 0 Å². The average molecular weight is 150 g/mol. The third kappa shape index (κ3) is 1.08. The van der Waals surface area contributed by atoms with Gasteiger partial charge in [0.1, 0.15) is 0 Å². The number of rotatable bonds is 0. The number of nitrogens with one attached hydrogen (secondary N) is 1. The predicted octanol–water partition coefficient (Wildman–Crippen LogP) is 1.27. The monoisotopic (exact) mass is 149 g/mol. The van der Waals surface area contributed by atoms with E-state index in [2.05, 4.69) is 10.9 Å². The molecule has 0 aromatic heterocycles. The summed E-state index contributed by atoms with van der Waals surface area (Å²) in [6, 6.07) is 0. The molecular formula is C4H3Cl2N2. The summed E-state index contributed by atoms with van der Waals surface area (Å²) in [5.41, 5.74) is 6.14. The van der Waals surface area contributed by atoms with E-state index in [4.69, 9.17) is 23.2 Å². The molecule has 0 fully saturated rings. The summed E-state index contributed by atoms with van der Waals surface area (Å²) in [6.45, 7) is 0. The second-order valence-corrected chi connectivity index (χ2v) is 2.04. The first kappa shape index (κ1) is 5.79. The molecule has 1 aliphatic heterocycles. The lowest BCUT2D eigenvalue weighted by atomic mass is 10.5. The van der Waals surface area contributed by atoms with E-state index in [1.165, 1.54) is 12.4 Å². The second-order valence-electron chi connectivity index (χ2n) is 1.23. The zero-order valence-electron chi connectivity index (χ0n) is 3.86. The van der Waals surface area contributed by atoms with Gasteiger partial charge in [-0.3, -0.25) is 5.43 Å². The van der Waals surface area contributed by atoms with Crippen LogP contribution in [-0.4, -0.2) is 0 Å². The van der Waals surface area contributed by atoms with Gasteiger partial charge in [-0.05, 0) is 0 Å². The fourth-order valence-electron chi connectivity index (χ4n) is 0.318. The van der Waals surface area contributed by atoms with Gasteiger partial charge in [-0.15, -0.1) is 0 Å². The first-order chi connectivity index (χ1) is 3.80. The van der Waals surface area contributed by atoms with Crippen LogP contribution < -0.4 is 10.9 Å². The third-order valence-electron chi connectivity index (χ3n) is 0.672. The van der Waals surface area contributed by atoms with Crippen LogP contribution >= 0.6 is 23.2 Å². The topological polar surface area (TPSA) is 26.1 Å². The van der Waals surface area contributed by atoms with Crippen molar-refractivity contribution in [1.82, 2.24) is 10.9 Å². The zero-order valence-corrected chi connectivity index (χ0v) is 5.37. The normalized spacial score (nSPS) is 17.8. The molecule has 1 heterocycles. The molecule has 1 rings (SSSR count). The van der Waals surface area contributed by atoms with Gasteiger partial charge < -0.3 is 0 Å². The highest BCUT2D eigenvalue weighted by Gasteiger charge is 2.00. The van der Waals surface area contributed by atoms with E-state index >= 15 is 0 Å². The quantitative estimate of drug-likeness (QED) is 0.552. The molecule has 0 saturated carbocycles. The van der Waals surface area contributed by atoms with E-state index in [9.17, 15) is 0 Å². The Kier molecular flexibility index (Phi) is 1.65. The fraction of sp³-hybridized carbons (Fsp3) is 0. The van der Waals surface area contributed by atoms with Crippen molar-refractivity contribution in [3.8, 4) is 0 Å². The molecule has 4 heteroatoms. The van der Waals surface area contributed by atoms with Crippen molar-refractivity contribution in [2.75, 3.05) is 0 Å². The van der Waals surface area contributed by atoms with Gasteiger partial charge in [0.25, 0.3) is 0 Å². The van der Waals surface area contributed by atoms with Gasteiger partial charge >= 0.3 is 0 Å². The van der Waals surface area contributed by atoms with Crippen molar-refractivity contribution >= 4 is 23.2 Å². The Bertz CT molecular complexity index is 132. The molecule has 0 unspecified atom stereocenters. The van der Waals surface area contributed by atoms with Crippen molar-refractivity contribution in [3.05, 3.63) is 22.5 Å². The largest absolute Gasteiger partial charge is 0.284 e. The number of halogens is 2. The minimum Gasteiger partial charge on any atom is -0.284 e. The highest BCUT2D eigenvalue weighted by atomic mass is 35.5. The van der Waals surface area contributed by atoms with E-state index in [-0.39, 0.29) is 0 Å². The molecule has 8 heavy (non-hydrogen) atoms. The second kappa shape index (κ2) is 2.29. The van der Waals surface area contributed by atoms with Gasteiger partial charge in [0.05, 0.1) is 16.3 Å². The Hall–Kier alpha value is -0.340. The molecule has 1 N–H and O–H groups in total. The molecule has 0 saturated heterocycles. The lowest BCUT2D eigenvalue weighted by Crippen LogP contribution is -2.16. The Labute approximate surface area is 57.1 Å². The smallest absolute Gasteiger partial charge is 0.0808 e. The highest BCUT2D eigenvalue weighted by molar-refractivity contribution is 6.43. The van der Waals surface area contributed by atoms with Gasteiger partial charge in [0, 0.05) is 6.20 Å². The fourth-order valence-corrected chi connectivity index (χ4v) is 0.519. The highest BCUT2D eigenvalue weighted by Crippen LogP contribution is 2.18. The Morgan fingerprint density at radius 2 is 2.12 bits per heavy atom. The Morgan fingerprint density at radius 3 is 2.50 bits per heavy atom. The number of allylic oxidation sites excluding steroid dienone is 2. The van der Waals surface area contributed by atoms with Crippen molar-refractivity contribution in [3.63, 3.8) is 0 Å². The minimum atomic E-state index is 0.463. The lowest BCUT2D eigenvalue weighted by Gasteiger charge is -2.03. The molecule has 1 aliphatic rings. The van der Waals surface area contributed by atoms with E-state index < -0.39 is 0 Å². The third-order valence-corrected chi connectivity index (χ3v) is 1.38. The molecule has 0 bridgehead atoms. The molecule has 2 nitrogen and oxygen atoms in total. The Balaban J connectivity index is 2.73. The Morgan fingerprint density at radius 1 is 1.38 bits per heavy atom. The van der Waals surface area contributed by atoms with Crippen LogP contribution in [0.2, 0.25) is 0 Å². The molecule has 0 aromatic carbocycles. The summed E-state index contributed by atoms with van der Waals surface area (Å²) in [5.74, 6) is 0. The summed E-state index contributed by atoms with van der Waals surface area (Å²) in [4.78, 5) is 0. The van der Waals surface area contributed by atoms with Crippen LogP contribution in [0.25, 0.3) is 0 Å². The van der Waals surface area contributed by atoms with E-state index in [1.54, 1.807) is 0 Å². The zero-order chi connectivity index (χ0) is 5.98.